The largest absolute Gasteiger partial charge is 0.458 e. The van der Waals surface area contributed by atoms with Crippen LogP contribution in [0.3, 0.4) is 0 Å². The third-order valence-electron chi connectivity index (χ3n) is 5.33. The minimum absolute atomic E-state index is 0.0613. The first-order valence-electron chi connectivity index (χ1n) is 9.26. The van der Waals surface area contributed by atoms with Gasteiger partial charge in [-0.25, -0.2) is 9.18 Å². The Labute approximate surface area is 167 Å². The number of fused-ring (bicyclic) bond motifs is 3. The van der Waals surface area contributed by atoms with E-state index in [0.717, 1.165) is 0 Å². The first-order chi connectivity index (χ1) is 14.0. The SMILES string of the molecule is C=CCN1C(=O)c2ccccc2N2C(=O)CC[C@]12C(=O)OCc1ccccc1F. The molecule has 0 bridgehead atoms. The second kappa shape index (κ2) is 7.16. The Bertz CT molecular complexity index is 1020. The van der Waals surface area contributed by atoms with Crippen molar-refractivity contribution in [2.24, 2.45) is 0 Å². The Morgan fingerprint density at radius 1 is 1.17 bits per heavy atom. The Morgan fingerprint density at radius 2 is 1.90 bits per heavy atom. The number of rotatable bonds is 5. The van der Waals surface area contributed by atoms with Crippen molar-refractivity contribution in [1.82, 2.24) is 4.90 Å². The number of hydrogen-bond donors (Lipinski definition) is 0. The number of nitrogens with zero attached hydrogens (tertiary/aromatic N) is 2. The molecule has 0 radical (unpaired) electrons. The summed E-state index contributed by atoms with van der Waals surface area (Å²) in [4.78, 5) is 41.9. The number of ether oxygens (including phenoxy) is 1. The fourth-order valence-corrected chi connectivity index (χ4v) is 4.00. The number of anilines is 1. The maximum absolute atomic E-state index is 13.9. The summed E-state index contributed by atoms with van der Waals surface area (Å²) in [5.41, 5.74) is -0.682. The molecular weight excluding hydrogens is 375 g/mol. The molecule has 1 fully saturated rings. The molecular formula is C22H19FN2O4. The van der Waals surface area contributed by atoms with Crippen LogP contribution in [0.25, 0.3) is 0 Å². The average Bonchev–Trinajstić information content (AvgIpc) is 3.08. The molecule has 2 aromatic carbocycles. The second-order valence-corrected chi connectivity index (χ2v) is 6.93. The second-order valence-electron chi connectivity index (χ2n) is 6.93. The fraction of sp³-hybridized carbons (Fsp3) is 0.227. The van der Waals surface area contributed by atoms with Crippen LogP contribution in [-0.4, -0.2) is 34.9 Å². The van der Waals surface area contributed by atoms with Gasteiger partial charge in [-0.05, 0) is 18.2 Å². The zero-order valence-corrected chi connectivity index (χ0v) is 15.6. The van der Waals surface area contributed by atoms with Gasteiger partial charge in [0.05, 0.1) is 11.3 Å². The highest BCUT2D eigenvalue weighted by Gasteiger charge is 2.61. The van der Waals surface area contributed by atoms with Gasteiger partial charge in [0, 0.05) is 24.9 Å². The van der Waals surface area contributed by atoms with Crippen molar-refractivity contribution < 1.29 is 23.5 Å². The highest BCUT2D eigenvalue weighted by Crippen LogP contribution is 2.45. The van der Waals surface area contributed by atoms with Gasteiger partial charge in [0.25, 0.3) is 5.91 Å². The number of carbonyl (C=O) groups excluding carboxylic acids is 3. The molecule has 7 heteroatoms. The Kier molecular flexibility index (Phi) is 4.66. The van der Waals surface area contributed by atoms with Gasteiger partial charge in [0.2, 0.25) is 11.6 Å². The van der Waals surface area contributed by atoms with Crippen LogP contribution in [0.15, 0.2) is 61.2 Å². The van der Waals surface area contributed by atoms with Gasteiger partial charge in [0.1, 0.15) is 12.4 Å². The highest BCUT2D eigenvalue weighted by molar-refractivity contribution is 6.15. The van der Waals surface area contributed by atoms with E-state index < -0.39 is 17.4 Å². The van der Waals surface area contributed by atoms with Gasteiger partial charge in [-0.1, -0.05) is 36.4 Å². The third-order valence-corrected chi connectivity index (χ3v) is 5.33. The summed E-state index contributed by atoms with van der Waals surface area (Å²) in [5, 5.41) is 0. The lowest BCUT2D eigenvalue weighted by atomic mass is 9.96. The van der Waals surface area contributed by atoms with Gasteiger partial charge in [-0.2, -0.15) is 0 Å². The summed E-state index contributed by atoms with van der Waals surface area (Å²) in [6, 6.07) is 12.6. The van der Waals surface area contributed by atoms with Gasteiger partial charge in [0.15, 0.2) is 0 Å². The molecule has 0 saturated carbocycles. The molecule has 4 rings (SSSR count). The van der Waals surface area contributed by atoms with Crippen LogP contribution < -0.4 is 4.90 Å². The van der Waals surface area contributed by atoms with Crippen LogP contribution in [0.2, 0.25) is 0 Å². The summed E-state index contributed by atoms with van der Waals surface area (Å²) in [5.74, 6) is -1.92. The molecule has 1 atom stereocenters. The standard InChI is InChI=1S/C22H19FN2O4/c1-2-13-24-20(27)16-8-4-6-10-18(16)25-19(26)11-12-22(24,25)21(28)29-14-15-7-3-5-9-17(15)23/h2-10H,1,11-14H2/t22-/m0/s1. The van der Waals surface area contributed by atoms with E-state index >= 15 is 0 Å². The van der Waals surface area contributed by atoms with Crippen LogP contribution in [-0.2, 0) is 20.9 Å². The summed E-state index contributed by atoms with van der Waals surface area (Å²) in [7, 11) is 0. The van der Waals surface area contributed by atoms with E-state index in [-0.39, 0.29) is 43.4 Å². The van der Waals surface area contributed by atoms with E-state index in [1.807, 2.05) is 0 Å². The van der Waals surface area contributed by atoms with Gasteiger partial charge < -0.3 is 9.64 Å². The predicted octanol–water partition coefficient (Wildman–Crippen LogP) is 3.03. The van der Waals surface area contributed by atoms with Crippen LogP contribution in [0.5, 0.6) is 0 Å². The number of hydrogen-bond acceptors (Lipinski definition) is 4. The molecule has 2 amide bonds. The summed E-state index contributed by atoms with van der Waals surface area (Å²) < 4.78 is 19.4. The third kappa shape index (κ3) is 2.81. The van der Waals surface area contributed by atoms with E-state index in [0.29, 0.717) is 11.3 Å². The lowest BCUT2D eigenvalue weighted by Crippen LogP contribution is -2.68. The molecule has 0 aliphatic carbocycles. The molecule has 0 N–H and O–H groups in total. The molecule has 148 valence electrons. The summed E-state index contributed by atoms with van der Waals surface area (Å²) >= 11 is 0. The molecule has 1 saturated heterocycles. The first-order valence-corrected chi connectivity index (χ1v) is 9.26. The lowest BCUT2D eigenvalue weighted by Gasteiger charge is -2.48. The fourth-order valence-electron chi connectivity index (χ4n) is 4.00. The van der Waals surface area contributed by atoms with Crippen molar-refractivity contribution in [3.05, 3.63) is 78.1 Å². The van der Waals surface area contributed by atoms with Crippen LogP contribution >= 0.6 is 0 Å². The molecule has 29 heavy (non-hydrogen) atoms. The molecule has 2 aromatic rings. The van der Waals surface area contributed by atoms with Gasteiger partial charge in [-0.3, -0.25) is 14.5 Å². The Hall–Kier alpha value is -3.48. The minimum atomic E-state index is -1.61. The van der Waals surface area contributed by atoms with E-state index in [4.69, 9.17) is 4.74 Å². The molecule has 0 spiro atoms. The predicted molar refractivity (Wildman–Crippen MR) is 103 cm³/mol. The maximum Gasteiger partial charge on any atom is 0.354 e. The minimum Gasteiger partial charge on any atom is -0.458 e. The highest BCUT2D eigenvalue weighted by atomic mass is 19.1. The molecule has 6 nitrogen and oxygen atoms in total. The number of halogens is 1. The quantitative estimate of drug-likeness (QED) is 0.578. The number of esters is 1. The van der Waals surface area contributed by atoms with E-state index in [2.05, 4.69) is 6.58 Å². The van der Waals surface area contributed by atoms with E-state index in [1.54, 1.807) is 36.4 Å². The Balaban J connectivity index is 1.76. The molecule has 0 aromatic heterocycles. The first kappa shape index (κ1) is 18.9. The van der Waals surface area contributed by atoms with Crippen molar-refractivity contribution in [3.63, 3.8) is 0 Å². The maximum atomic E-state index is 13.9. The topological polar surface area (TPSA) is 66.9 Å². The van der Waals surface area contributed by atoms with Crippen molar-refractivity contribution in [1.29, 1.82) is 0 Å². The van der Waals surface area contributed by atoms with E-state index in [9.17, 15) is 18.8 Å². The number of benzene rings is 2. The number of amides is 2. The van der Waals surface area contributed by atoms with Crippen molar-refractivity contribution in [2.75, 3.05) is 11.4 Å². The number of para-hydroxylation sites is 1. The van der Waals surface area contributed by atoms with Crippen LogP contribution in [0.1, 0.15) is 28.8 Å². The molecule has 0 unspecified atom stereocenters. The number of carbonyl (C=O) groups is 3. The van der Waals surface area contributed by atoms with Crippen LogP contribution in [0, 0.1) is 5.82 Å². The van der Waals surface area contributed by atoms with Crippen molar-refractivity contribution >= 4 is 23.5 Å². The van der Waals surface area contributed by atoms with Gasteiger partial charge in [-0.15, -0.1) is 6.58 Å². The van der Waals surface area contributed by atoms with Crippen molar-refractivity contribution in [2.45, 2.75) is 25.1 Å². The normalized spacial score (nSPS) is 20.3. The summed E-state index contributed by atoms with van der Waals surface area (Å²) in [6.45, 7) is 3.44. The average molecular weight is 394 g/mol. The smallest absolute Gasteiger partial charge is 0.354 e. The van der Waals surface area contributed by atoms with E-state index in [1.165, 1.54) is 28.0 Å². The van der Waals surface area contributed by atoms with Gasteiger partial charge >= 0.3 is 5.97 Å². The lowest BCUT2D eigenvalue weighted by molar-refractivity contribution is -0.158. The zero-order chi connectivity index (χ0) is 20.6. The monoisotopic (exact) mass is 394 g/mol. The molecule has 2 heterocycles. The zero-order valence-electron chi connectivity index (χ0n) is 15.6. The Morgan fingerprint density at radius 3 is 2.66 bits per heavy atom. The molecule has 2 aliphatic heterocycles. The summed E-state index contributed by atoms with van der Waals surface area (Å²) in [6.07, 6.45) is 1.68. The van der Waals surface area contributed by atoms with Crippen LogP contribution in [0.4, 0.5) is 10.1 Å². The van der Waals surface area contributed by atoms with Crippen molar-refractivity contribution in [3.8, 4) is 0 Å². The molecule has 2 aliphatic rings.